The second kappa shape index (κ2) is 6.54. The number of fused-ring (bicyclic) bond motifs is 4. The molecule has 3 aromatic carbocycles. The Morgan fingerprint density at radius 2 is 1.71 bits per heavy atom. The largest absolute Gasteiger partial charge is 0.302 e. The summed E-state index contributed by atoms with van der Waals surface area (Å²) in [6.07, 6.45) is 0.0496. The quantitative estimate of drug-likeness (QED) is 0.493. The monoisotopic (exact) mass is 386 g/mol. The number of hydrogen-bond donors (Lipinski definition) is 2. The highest BCUT2D eigenvalue weighted by Crippen LogP contribution is 2.31. The van der Waals surface area contributed by atoms with Crippen LogP contribution in [0.15, 0.2) is 65.5 Å². The van der Waals surface area contributed by atoms with Crippen molar-refractivity contribution in [2.45, 2.75) is 6.42 Å². The maximum absolute atomic E-state index is 12.6. The van der Waals surface area contributed by atoms with Gasteiger partial charge in [0.05, 0.1) is 27.7 Å². The summed E-state index contributed by atoms with van der Waals surface area (Å²) < 4.78 is 1.02. The molecule has 136 valence electrons. The normalized spacial score (nSPS) is 11.3. The van der Waals surface area contributed by atoms with E-state index in [0.717, 1.165) is 21.0 Å². The van der Waals surface area contributed by atoms with Gasteiger partial charge in [0.1, 0.15) is 0 Å². The molecule has 5 rings (SSSR count). The first-order valence-corrected chi connectivity index (χ1v) is 9.55. The number of amides is 1. The van der Waals surface area contributed by atoms with Crippen molar-refractivity contribution in [3.05, 3.63) is 76.7 Å². The lowest BCUT2D eigenvalue weighted by molar-refractivity contribution is -0.115. The van der Waals surface area contributed by atoms with E-state index in [1.165, 1.54) is 11.3 Å². The van der Waals surface area contributed by atoms with Crippen LogP contribution in [0.3, 0.4) is 0 Å². The predicted octanol–water partition coefficient (Wildman–Crippen LogP) is 3.87. The molecule has 0 atom stereocenters. The van der Waals surface area contributed by atoms with Crippen LogP contribution >= 0.6 is 11.3 Å². The third kappa shape index (κ3) is 2.82. The number of nitrogens with zero attached hydrogens (tertiary/aromatic N) is 2. The lowest BCUT2D eigenvalue weighted by Gasteiger charge is -2.04. The average Bonchev–Trinajstić information content (AvgIpc) is 3.13. The van der Waals surface area contributed by atoms with Crippen LogP contribution in [0, 0.1) is 0 Å². The van der Waals surface area contributed by atoms with Crippen molar-refractivity contribution in [3.63, 3.8) is 0 Å². The highest BCUT2D eigenvalue weighted by Gasteiger charge is 2.13. The minimum absolute atomic E-state index is 0.0496. The van der Waals surface area contributed by atoms with E-state index in [2.05, 4.69) is 26.6 Å². The van der Waals surface area contributed by atoms with Crippen molar-refractivity contribution < 1.29 is 4.79 Å². The van der Waals surface area contributed by atoms with E-state index in [4.69, 9.17) is 0 Å². The van der Waals surface area contributed by atoms with Gasteiger partial charge in [-0.3, -0.25) is 9.59 Å². The summed E-state index contributed by atoms with van der Waals surface area (Å²) >= 11 is 1.44. The van der Waals surface area contributed by atoms with E-state index in [1.54, 1.807) is 18.2 Å². The Morgan fingerprint density at radius 3 is 2.57 bits per heavy atom. The Balaban J connectivity index is 1.46. The first kappa shape index (κ1) is 16.6. The minimum Gasteiger partial charge on any atom is -0.302 e. The SMILES string of the molecule is O=C(Cc1n[nH]c(=O)c2ccccc12)Nc1nc2c(ccc3ccccc32)s1. The highest BCUT2D eigenvalue weighted by molar-refractivity contribution is 7.22. The Bertz CT molecular complexity index is 1420. The van der Waals surface area contributed by atoms with Gasteiger partial charge in [-0.15, -0.1) is 0 Å². The van der Waals surface area contributed by atoms with E-state index in [-0.39, 0.29) is 17.9 Å². The molecule has 0 saturated carbocycles. The van der Waals surface area contributed by atoms with E-state index in [9.17, 15) is 9.59 Å². The molecule has 5 aromatic rings. The molecule has 2 aromatic heterocycles. The standard InChI is InChI=1S/C21H14N4O2S/c26-18(11-16-14-7-3-4-8-15(14)20(27)25-24-16)22-21-23-19-13-6-2-1-5-12(13)9-10-17(19)28-21/h1-10H,11H2,(H,25,27)(H,22,23,26). The molecule has 0 aliphatic rings. The lowest BCUT2D eigenvalue weighted by Crippen LogP contribution is -2.18. The number of anilines is 1. The number of carbonyl (C=O) groups excluding carboxylic acids is 1. The zero-order valence-corrected chi connectivity index (χ0v) is 15.4. The number of nitrogens with one attached hydrogen (secondary N) is 2. The maximum atomic E-state index is 12.6. The molecule has 0 unspecified atom stereocenters. The van der Waals surface area contributed by atoms with Crippen LogP contribution in [0.25, 0.3) is 31.8 Å². The number of aromatic amines is 1. The summed E-state index contributed by atoms with van der Waals surface area (Å²) in [4.78, 5) is 29.1. The summed E-state index contributed by atoms with van der Waals surface area (Å²) in [6, 6.07) is 19.2. The molecule has 0 bridgehead atoms. The molecule has 7 heteroatoms. The molecular formula is C21H14N4O2S. The molecule has 0 aliphatic carbocycles. The first-order chi connectivity index (χ1) is 13.7. The van der Waals surface area contributed by atoms with Crippen LogP contribution in [0.2, 0.25) is 0 Å². The van der Waals surface area contributed by atoms with Crippen LogP contribution < -0.4 is 10.9 Å². The zero-order chi connectivity index (χ0) is 19.1. The first-order valence-electron chi connectivity index (χ1n) is 8.73. The fraction of sp³-hybridized carbons (Fsp3) is 0.0476. The summed E-state index contributed by atoms with van der Waals surface area (Å²) in [5, 5.41) is 13.3. The van der Waals surface area contributed by atoms with Gasteiger partial charge in [-0.25, -0.2) is 10.1 Å². The van der Waals surface area contributed by atoms with Crippen LogP contribution in [0.5, 0.6) is 0 Å². The fourth-order valence-electron chi connectivity index (χ4n) is 3.34. The summed E-state index contributed by atoms with van der Waals surface area (Å²) in [5.74, 6) is -0.229. The number of benzene rings is 3. The van der Waals surface area contributed by atoms with Gasteiger partial charge < -0.3 is 5.32 Å². The van der Waals surface area contributed by atoms with Gasteiger partial charge in [0, 0.05) is 10.8 Å². The van der Waals surface area contributed by atoms with Crippen LogP contribution in [-0.2, 0) is 11.2 Å². The molecule has 0 aliphatic heterocycles. The molecule has 2 heterocycles. The molecule has 0 radical (unpaired) electrons. The van der Waals surface area contributed by atoms with Gasteiger partial charge in [0.25, 0.3) is 5.56 Å². The fourth-order valence-corrected chi connectivity index (χ4v) is 4.24. The number of thiazole rings is 1. The van der Waals surface area contributed by atoms with Gasteiger partial charge in [-0.05, 0) is 17.5 Å². The summed E-state index contributed by atoms with van der Waals surface area (Å²) in [5.41, 5.74) is 1.14. The van der Waals surface area contributed by atoms with Crippen molar-refractivity contribution in [1.29, 1.82) is 0 Å². The minimum atomic E-state index is -0.266. The number of carbonyl (C=O) groups is 1. The Kier molecular flexibility index (Phi) is 3.87. The van der Waals surface area contributed by atoms with Crippen molar-refractivity contribution in [2.75, 3.05) is 5.32 Å². The van der Waals surface area contributed by atoms with Gasteiger partial charge >= 0.3 is 0 Å². The predicted molar refractivity (Wildman–Crippen MR) is 112 cm³/mol. The van der Waals surface area contributed by atoms with Gasteiger partial charge in [-0.1, -0.05) is 59.9 Å². The summed E-state index contributed by atoms with van der Waals surface area (Å²) in [7, 11) is 0. The molecule has 28 heavy (non-hydrogen) atoms. The van der Waals surface area contributed by atoms with Crippen molar-refractivity contribution in [2.24, 2.45) is 0 Å². The smallest absolute Gasteiger partial charge is 0.272 e. The Morgan fingerprint density at radius 1 is 0.964 bits per heavy atom. The van der Waals surface area contributed by atoms with E-state index in [0.29, 0.717) is 21.6 Å². The topological polar surface area (TPSA) is 87.7 Å². The lowest BCUT2D eigenvalue weighted by atomic mass is 10.1. The third-order valence-corrected chi connectivity index (χ3v) is 5.57. The molecular weight excluding hydrogens is 372 g/mol. The zero-order valence-electron chi connectivity index (χ0n) is 14.6. The molecule has 1 amide bonds. The second-order valence-corrected chi connectivity index (χ2v) is 7.45. The van der Waals surface area contributed by atoms with Gasteiger partial charge in [-0.2, -0.15) is 5.10 Å². The van der Waals surface area contributed by atoms with Crippen molar-refractivity contribution >= 4 is 54.1 Å². The second-order valence-electron chi connectivity index (χ2n) is 6.42. The molecule has 0 spiro atoms. The van der Waals surface area contributed by atoms with Gasteiger partial charge in [0.2, 0.25) is 5.91 Å². The average molecular weight is 386 g/mol. The van der Waals surface area contributed by atoms with E-state index >= 15 is 0 Å². The van der Waals surface area contributed by atoms with E-state index in [1.807, 2.05) is 36.4 Å². The number of rotatable bonds is 3. The van der Waals surface area contributed by atoms with Crippen molar-refractivity contribution in [3.8, 4) is 0 Å². The van der Waals surface area contributed by atoms with Crippen LogP contribution in [0.1, 0.15) is 5.69 Å². The third-order valence-electron chi connectivity index (χ3n) is 4.63. The number of H-pyrrole nitrogens is 1. The maximum Gasteiger partial charge on any atom is 0.272 e. The van der Waals surface area contributed by atoms with Crippen LogP contribution in [0.4, 0.5) is 5.13 Å². The van der Waals surface area contributed by atoms with Crippen molar-refractivity contribution in [1.82, 2.24) is 15.2 Å². The molecule has 0 fully saturated rings. The molecule has 6 nitrogen and oxygen atoms in total. The van der Waals surface area contributed by atoms with Gasteiger partial charge in [0.15, 0.2) is 5.13 Å². The Hall–Kier alpha value is -3.58. The van der Waals surface area contributed by atoms with E-state index < -0.39 is 0 Å². The molecule has 0 saturated heterocycles. The number of hydrogen-bond acceptors (Lipinski definition) is 5. The van der Waals surface area contributed by atoms with Crippen LogP contribution in [-0.4, -0.2) is 21.1 Å². The highest BCUT2D eigenvalue weighted by atomic mass is 32.1. The Labute approximate surface area is 162 Å². The summed E-state index contributed by atoms with van der Waals surface area (Å²) in [6.45, 7) is 0. The number of aromatic nitrogens is 3. The molecule has 2 N–H and O–H groups in total.